The first-order valence-electron chi connectivity index (χ1n) is 7.81. The maximum absolute atomic E-state index is 14.1. The second kappa shape index (κ2) is 5.94. The van der Waals surface area contributed by atoms with Crippen molar-refractivity contribution in [1.82, 2.24) is 15.5 Å². The van der Waals surface area contributed by atoms with E-state index in [0.29, 0.717) is 22.6 Å². The van der Waals surface area contributed by atoms with Crippen LogP contribution in [0.25, 0.3) is 11.1 Å². The zero-order valence-electron chi connectivity index (χ0n) is 14.3. The predicted molar refractivity (Wildman–Crippen MR) is 85.1 cm³/mol. The van der Waals surface area contributed by atoms with Crippen LogP contribution in [0.4, 0.5) is 4.39 Å². The van der Waals surface area contributed by atoms with Crippen LogP contribution in [0, 0.1) is 12.9 Å². The number of hydrogen-bond acceptors (Lipinski definition) is 6. The molecule has 1 aliphatic rings. The van der Waals surface area contributed by atoms with Crippen LogP contribution in [0.2, 0.25) is 0 Å². The lowest BCUT2D eigenvalue weighted by atomic mass is 9.98. The van der Waals surface area contributed by atoms with Gasteiger partial charge in [-0.1, -0.05) is 5.16 Å². The van der Waals surface area contributed by atoms with Crippen LogP contribution >= 0.6 is 0 Å². The highest BCUT2D eigenvalue weighted by atomic mass is 19.1. The third-order valence-corrected chi connectivity index (χ3v) is 3.70. The molecule has 3 rings (SSSR count). The second-order valence-electron chi connectivity index (χ2n) is 6.85. The van der Waals surface area contributed by atoms with Crippen molar-refractivity contribution in [3.05, 3.63) is 35.2 Å². The molecule has 3 heterocycles. The van der Waals surface area contributed by atoms with Gasteiger partial charge in [-0.15, -0.1) is 0 Å². The van der Waals surface area contributed by atoms with Crippen molar-refractivity contribution in [1.29, 1.82) is 0 Å². The minimum absolute atomic E-state index is 0.159. The number of aryl methyl sites for hydroxylation is 1. The van der Waals surface area contributed by atoms with Crippen molar-refractivity contribution in [2.75, 3.05) is 0 Å². The standard InChI is InChI=1S/C17H18FN3O4/c1-8-12-9-5-6-19-15(18)13(9)16(23)20-10(14(12)25-21-8)7-11(22)24-17(2,3)4/h5-6,10H,7H2,1-4H3,(H,20,23). The van der Waals surface area contributed by atoms with Gasteiger partial charge in [0.1, 0.15) is 17.2 Å². The summed E-state index contributed by atoms with van der Waals surface area (Å²) in [6.07, 6.45) is 1.11. The average molecular weight is 347 g/mol. The molecule has 132 valence electrons. The van der Waals surface area contributed by atoms with E-state index >= 15 is 0 Å². The molecule has 1 unspecified atom stereocenters. The Labute approximate surface area is 143 Å². The summed E-state index contributed by atoms with van der Waals surface area (Å²) in [4.78, 5) is 28.2. The van der Waals surface area contributed by atoms with Crippen LogP contribution in [0.1, 0.15) is 55.0 Å². The van der Waals surface area contributed by atoms with Gasteiger partial charge in [-0.05, 0) is 33.8 Å². The molecule has 0 saturated carbocycles. The van der Waals surface area contributed by atoms with E-state index in [-0.39, 0.29) is 12.0 Å². The van der Waals surface area contributed by atoms with E-state index in [0.717, 1.165) is 0 Å². The van der Waals surface area contributed by atoms with Crippen molar-refractivity contribution in [2.24, 2.45) is 0 Å². The minimum Gasteiger partial charge on any atom is -0.460 e. The normalized spacial score (nSPS) is 16.5. The fraction of sp³-hybridized carbons (Fsp3) is 0.412. The van der Waals surface area contributed by atoms with Crippen LogP contribution in [0.15, 0.2) is 16.8 Å². The van der Waals surface area contributed by atoms with Gasteiger partial charge in [-0.2, -0.15) is 4.39 Å². The predicted octanol–water partition coefficient (Wildman–Crippen LogP) is 2.70. The maximum Gasteiger partial charge on any atom is 0.308 e. The number of carbonyl (C=O) groups excluding carboxylic acids is 2. The molecule has 2 aromatic heterocycles. The van der Waals surface area contributed by atoms with Gasteiger partial charge in [-0.3, -0.25) is 9.59 Å². The highest BCUT2D eigenvalue weighted by molar-refractivity contribution is 6.03. The lowest BCUT2D eigenvalue weighted by Crippen LogP contribution is -2.32. The largest absolute Gasteiger partial charge is 0.460 e. The minimum atomic E-state index is -0.889. The summed E-state index contributed by atoms with van der Waals surface area (Å²) in [5, 5.41) is 6.51. The molecule has 1 N–H and O–H groups in total. The quantitative estimate of drug-likeness (QED) is 0.663. The van der Waals surface area contributed by atoms with Gasteiger partial charge in [0.15, 0.2) is 5.76 Å². The lowest BCUT2D eigenvalue weighted by molar-refractivity contribution is -0.155. The Morgan fingerprint density at radius 1 is 1.40 bits per heavy atom. The van der Waals surface area contributed by atoms with Gasteiger partial charge in [0.2, 0.25) is 5.95 Å². The second-order valence-corrected chi connectivity index (χ2v) is 6.85. The van der Waals surface area contributed by atoms with Gasteiger partial charge in [0, 0.05) is 11.8 Å². The van der Waals surface area contributed by atoms with Crippen LogP contribution in [0.5, 0.6) is 0 Å². The number of ether oxygens (including phenoxy) is 1. The summed E-state index contributed by atoms with van der Waals surface area (Å²) >= 11 is 0. The van der Waals surface area contributed by atoms with Crippen LogP contribution in [-0.4, -0.2) is 27.6 Å². The molecule has 0 radical (unpaired) electrons. The highest BCUT2D eigenvalue weighted by Gasteiger charge is 2.35. The number of esters is 1. The first kappa shape index (κ1) is 17.1. The molecule has 25 heavy (non-hydrogen) atoms. The van der Waals surface area contributed by atoms with Gasteiger partial charge < -0.3 is 14.6 Å². The molecule has 8 heteroatoms. The summed E-state index contributed by atoms with van der Waals surface area (Å²) in [6.45, 7) is 6.93. The fourth-order valence-electron chi connectivity index (χ4n) is 2.80. The molecule has 0 saturated heterocycles. The number of halogens is 1. The van der Waals surface area contributed by atoms with E-state index in [1.165, 1.54) is 12.3 Å². The van der Waals surface area contributed by atoms with Crippen molar-refractivity contribution >= 4 is 11.9 Å². The summed E-state index contributed by atoms with van der Waals surface area (Å²) in [5.74, 6) is -1.78. The van der Waals surface area contributed by atoms with E-state index < -0.39 is 29.5 Å². The van der Waals surface area contributed by atoms with Crippen LogP contribution in [0.3, 0.4) is 0 Å². The summed E-state index contributed by atoms with van der Waals surface area (Å²) in [7, 11) is 0. The molecule has 0 bridgehead atoms. The number of nitrogens with zero attached hydrogens (tertiary/aromatic N) is 2. The van der Waals surface area contributed by atoms with Gasteiger partial charge in [0.25, 0.3) is 5.91 Å². The number of carbonyl (C=O) groups is 2. The molecular formula is C17H18FN3O4. The molecule has 7 nitrogen and oxygen atoms in total. The Morgan fingerprint density at radius 3 is 2.80 bits per heavy atom. The molecule has 0 aromatic carbocycles. The Bertz CT molecular complexity index is 854. The molecular weight excluding hydrogens is 329 g/mol. The monoisotopic (exact) mass is 347 g/mol. The highest BCUT2D eigenvalue weighted by Crippen LogP contribution is 2.38. The maximum atomic E-state index is 14.1. The van der Waals surface area contributed by atoms with Crippen molar-refractivity contribution in [3.63, 3.8) is 0 Å². The number of pyridine rings is 1. The SMILES string of the molecule is Cc1noc2c1-c1ccnc(F)c1C(=O)NC2CC(=O)OC(C)(C)C. The zero-order valence-corrected chi connectivity index (χ0v) is 14.3. The molecule has 0 fully saturated rings. The Hall–Kier alpha value is -2.77. The molecule has 1 atom stereocenters. The number of aromatic nitrogens is 2. The van der Waals surface area contributed by atoms with Gasteiger partial charge >= 0.3 is 5.97 Å². The molecule has 0 aliphatic carbocycles. The Balaban J connectivity index is 2.04. The van der Waals surface area contributed by atoms with Crippen molar-refractivity contribution < 1.29 is 23.2 Å². The number of fused-ring (bicyclic) bond motifs is 3. The van der Waals surface area contributed by atoms with Crippen molar-refractivity contribution in [2.45, 2.75) is 45.8 Å². The van der Waals surface area contributed by atoms with Crippen molar-refractivity contribution in [3.8, 4) is 11.1 Å². The van der Waals surface area contributed by atoms with Gasteiger partial charge in [0.05, 0.1) is 17.7 Å². The summed E-state index contributed by atoms with van der Waals surface area (Å²) in [6, 6.07) is 0.710. The summed E-state index contributed by atoms with van der Waals surface area (Å²) in [5.41, 5.74) is 0.466. The smallest absolute Gasteiger partial charge is 0.308 e. The first-order chi connectivity index (χ1) is 11.7. The van der Waals surface area contributed by atoms with Gasteiger partial charge in [-0.25, -0.2) is 4.98 Å². The zero-order chi connectivity index (χ0) is 18.4. The van der Waals surface area contributed by atoms with E-state index in [4.69, 9.17) is 9.26 Å². The first-order valence-corrected chi connectivity index (χ1v) is 7.81. The topological polar surface area (TPSA) is 94.3 Å². The number of rotatable bonds is 2. The van der Waals surface area contributed by atoms with Crippen LogP contribution < -0.4 is 5.32 Å². The number of nitrogens with one attached hydrogen (secondary N) is 1. The van der Waals surface area contributed by atoms with Crippen LogP contribution in [-0.2, 0) is 9.53 Å². The van der Waals surface area contributed by atoms with E-state index in [2.05, 4.69) is 15.5 Å². The molecule has 1 aliphatic heterocycles. The van der Waals surface area contributed by atoms with E-state index in [1.807, 2.05) is 0 Å². The van der Waals surface area contributed by atoms with E-state index in [1.54, 1.807) is 27.7 Å². The third-order valence-electron chi connectivity index (χ3n) is 3.70. The Morgan fingerprint density at radius 2 is 2.12 bits per heavy atom. The van der Waals surface area contributed by atoms with E-state index in [9.17, 15) is 14.0 Å². The average Bonchev–Trinajstić information content (AvgIpc) is 2.80. The number of amides is 1. The Kier molecular flexibility index (Phi) is 4.06. The fourth-order valence-corrected chi connectivity index (χ4v) is 2.80. The summed E-state index contributed by atoms with van der Waals surface area (Å²) < 4.78 is 24.8. The third kappa shape index (κ3) is 3.24. The number of hydrogen-bond donors (Lipinski definition) is 1. The lowest BCUT2D eigenvalue weighted by Gasteiger charge is -2.21. The molecule has 0 spiro atoms. The molecule has 1 amide bonds. The molecule has 2 aromatic rings.